The number of hydrogen-bond donors (Lipinski definition) is 0. The van der Waals surface area contributed by atoms with Gasteiger partial charge >= 0.3 is 0 Å². The Balaban J connectivity index is 2.04. The number of aryl methyl sites for hydroxylation is 1. The lowest BCUT2D eigenvalue weighted by Crippen LogP contribution is -2.11. The summed E-state index contributed by atoms with van der Waals surface area (Å²) in [5.74, 6) is 2.17. The molecule has 0 fully saturated rings. The van der Waals surface area contributed by atoms with Crippen molar-refractivity contribution in [3.05, 3.63) is 47.8 Å². The van der Waals surface area contributed by atoms with E-state index in [1.54, 1.807) is 6.26 Å². The second-order valence-corrected chi connectivity index (χ2v) is 5.29. The number of halogens is 1. The second kappa shape index (κ2) is 5.29. The molecule has 0 aliphatic carbocycles. The van der Waals surface area contributed by atoms with Crippen molar-refractivity contribution >= 4 is 22.8 Å². The minimum absolute atomic E-state index is 0.190. The van der Waals surface area contributed by atoms with E-state index in [-0.39, 0.29) is 6.04 Å². The van der Waals surface area contributed by atoms with Crippen molar-refractivity contribution in [2.24, 2.45) is 0 Å². The molecule has 5 heteroatoms. The number of aromatic nitrogens is 3. The van der Waals surface area contributed by atoms with Gasteiger partial charge in [0.15, 0.2) is 5.65 Å². The highest BCUT2D eigenvalue weighted by atomic mass is 35.5. The predicted molar refractivity (Wildman–Crippen MR) is 78.9 cm³/mol. The Labute approximate surface area is 122 Å². The molecule has 1 unspecified atom stereocenters. The molecule has 0 saturated heterocycles. The summed E-state index contributed by atoms with van der Waals surface area (Å²) in [6.07, 6.45) is 4.34. The van der Waals surface area contributed by atoms with Crippen molar-refractivity contribution in [2.75, 3.05) is 0 Å². The van der Waals surface area contributed by atoms with Crippen molar-refractivity contribution in [3.63, 3.8) is 0 Å². The Hall–Kier alpha value is -1.81. The molecule has 0 aliphatic rings. The molecule has 0 amide bonds. The van der Waals surface area contributed by atoms with Gasteiger partial charge in [0.1, 0.15) is 17.1 Å². The lowest BCUT2D eigenvalue weighted by Gasteiger charge is -2.15. The van der Waals surface area contributed by atoms with E-state index in [4.69, 9.17) is 16.0 Å². The molecule has 3 aromatic rings. The predicted octanol–water partition coefficient (Wildman–Crippen LogP) is 3.88. The van der Waals surface area contributed by atoms with Crippen molar-refractivity contribution in [2.45, 2.75) is 32.2 Å². The van der Waals surface area contributed by atoms with Gasteiger partial charge in [-0.2, -0.15) is 0 Å². The first kappa shape index (κ1) is 13.2. The number of fused-ring (bicyclic) bond motifs is 1. The van der Waals surface area contributed by atoms with Crippen molar-refractivity contribution in [3.8, 4) is 0 Å². The fourth-order valence-electron chi connectivity index (χ4n) is 2.50. The molecule has 20 heavy (non-hydrogen) atoms. The molecule has 0 spiro atoms. The van der Waals surface area contributed by atoms with Crippen LogP contribution in [0.15, 0.2) is 35.1 Å². The smallest absolute Gasteiger partial charge is 0.160 e. The average molecular weight is 290 g/mol. The van der Waals surface area contributed by atoms with Crippen LogP contribution in [0.25, 0.3) is 11.2 Å². The molecule has 1 atom stereocenters. The molecule has 0 aromatic carbocycles. The van der Waals surface area contributed by atoms with Gasteiger partial charge in [0.05, 0.1) is 12.1 Å². The molecule has 3 heterocycles. The zero-order chi connectivity index (χ0) is 14.1. The van der Waals surface area contributed by atoms with Gasteiger partial charge in [0.2, 0.25) is 0 Å². The fourth-order valence-corrected chi connectivity index (χ4v) is 2.69. The van der Waals surface area contributed by atoms with Gasteiger partial charge in [-0.1, -0.05) is 0 Å². The second-order valence-electron chi connectivity index (χ2n) is 5.02. The van der Waals surface area contributed by atoms with E-state index in [1.807, 2.05) is 31.3 Å². The molecule has 0 aliphatic heterocycles. The van der Waals surface area contributed by atoms with Crippen LogP contribution in [0.2, 0.25) is 0 Å². The highest BCUT2D eigenvalue weighted by Crippen LogP contribution is 2.24. The van der Waals surface area contributed by atoms with Gasteiger partial charge in [-0.15, -0.1) is 11.6 Å². The van der Waals surface area contributed by atoms with Crippen LogP contribution in [-0.4, -0.2) is 14.5 Å². The summed E-state index contributed by atoms with van der Waals surface area (Å²) in [6.45, 7) is 4.14. The van der Waals surface area contributed by atoms with E-state index < -0.39 is 0 Å². The zero-order valence-corrected chi connectivity index (χ0v) is 12.3. The topological polar surface area (TPSA) is 43.9 Å². The highest BCUT2D eigenvalue weighted by Gasteiger charge is 2.17. The Morgan fingerprint density at radius 1 is 1.45 bits per heavy atom. The molecule has 0 N–H and O–H groups in total. The molecule has 0 bridgehead atoms. The average Bonchev–Trinajstić information content (AvgIpc) is 3.04. The number of imidazole rings is 1. The summed E-state index contributed by atoms with van der Waals surface area (Å²) >= 11 is 6.03. The lowest BCUT2D eigenvalue weighted by molar-refractivity contribution is 0.448. The molecular formula is C15H16ClN3O. The van der Waals surface area contributed by atoms with Crippen LogP contribution in [0.3, 0.4) is 0 Å². The molecule has 4 nitrogen and oxygen atoms in total. The van der Waals surface area contributed by atoms with Gasteiger partial charge in [0, 0.05) is 18.7 Å². The maximum absolute atomic E-state index is 6.03. The first-order chi connectivity index (χ1) is 9.69. The van der Waals surface area contributed by atoms with Crippen molar-refractivity contribution in [1.82, 2.24) is 14.5 Å². The van der Waals surface area contributed by atoms with Crippen LogP contribution in [0.4, 0.5) is 0 Å². The first-order valence-corrected chi connectivity index (χ1v) is 7.14. The Morgan fingerprint density at radius 2 is 2.30 bits per heavy atom. The number of nitrogens with zero attached hydrogens (tertiary/aromatic N) is 3. The summed E-state index contributed by atoms with van der Waals surface area (Å²) in [5, 5.41) is 0. The van der Waals surface area contributed by atoms with Gasteiger partial charge in [0.25, 0.3) is 0 Å². The summed E-state index contributed by atoms with van der Waals surface area (Å²) in [5.41, 5.74) is 2.87. The quantitative estimate of drug-likeness (QED) is 0.685. The molecule has 0 radical (unpaired) electrons. The van der Waals surface area contributed by atoms with E-state index in [0.717, 1.165) is 34.7 Å². The highest BCUT2D eigenvalue weighted by molar-refractivity contribution is 6.16. The van der Waals surface area contributed by atoms with E-state index in [9.17, 15) is 0 Å². The SMILES string of the molecule is Cc1cnc2c(c1)nc(CCl)n2C(C)Cc1ccco1. The minimum atomic E-state index is 0.190. The third-order valence-corrected chi connectivity index (χ3v) is 3.62. The maximum atomic E-state index is 6.03. The monoisotopic (exact) mass is 289 g/mol. The van der Waals surface area contributed by atoms with Gasteiger partial charge < -0.3 is 8.98 Å². The summed E-state index contributed by atoms with van der Waals surface area (Å²) in [6, 6.07) is 6.11. The summed E-state index contributed by atoms with van der Waals surface area (Å²) in [4.78, 5) is 9.09. The van der Waals surface area contributed by atoms with Crippen molar-refractivity contribution < 1.29 is 4.42 Å². The summed E-state index contributed by atoms with van der Waals surface area (Å²) < 4.78 is 7.52. The molecule has 3 aromatic heterocycles. The zero-order valence-electron chi connectivity index (χ0n) is 11.5. The van der Waals surface area contributed by atoms with Crippen LogP contribution in [-0.2, 0) is 12.3 Å². The number of rotatable bonds is 4. The van der Waals surface area contributed by atoms with Crippen molar-refractivity contribution in [1.29, 1.82) is 0 Å². The molecule has 3 rings (SSSR count). The molecule has 104 valence electrons. The van der Waals surface area contributed by atoms with E-state index >= 15 is 0 Å². The molecular weight excluding hydrogens is 274 g/mol. The number of alkyl halides is 1. The van der Waals surface area contributed by atoms with Crippen LogP contribution in [0, 0.1) is 6.92 Å². The first-order valence-electron chi connectivity index (χ1n) is 6.61. The van der Waals surface area contributed by atoms with Crippen LogP contribution >= 0.6 is 11.6 Å². The van der Waals surface area contributed by atoms with Gasteiger partial charge in [-0.05, 0) is 37.6 Å². The third kappa shape index (κ3) is 2.31. The van der Waals surface area contributed by atoms with Crippen LogP contribution < -0.4 is 0 Å². The van der Waals surface area contributed by atoms with Crippen LogP contribution in [0.1, 0.15) is 30.1 Å². The number of hydrogen-bond acceptors (Lipinski definition) is 3. The van der Waals surface area contributed by atoms with Gasteiger partial charge in [-0.3, -0.25) is 0 Å². The summed E-state index contributed by atoms with van der Waals surface area (Å²) in [7, 11) is 0. The Kier molecular flexibility index (Phi) is 3.49. The van der Waals surface area contributed by atoms with Gasteiger partial charge in [-0.25, -0.2) is 9.97 Å². The van der Waals surface area contributed by atoms with E-state index in [2.05, 4.69) is 21.5 Å². The standard InChI is InChI=1S/C15H16ClN3O/c1-10-6-13-15(17-9-10)19(14(8-16)18-13)11(2)7-12-4-3-5-20-12/h3-6,9,11H,7-8H2,1-2H3. The largest absolute Gasteiger partial charge is 0.469 e. The fraction of sp³-hybridized carbons (Fsp3) is 0.333. The van der Waals surface area contributed by atoms with E-state index in [1.165, 1.54) is 0 Å². The number of furan rings is 1. The third-order valence-electron chi connectivity index (χ3n) is 3.38. The Morgan fingerprint density at radius 3 is 3.00 bits per heavy atom. The molecule has 0 saturated carbocycles. The minimum Gasteiger partial charge on any atom is -0.469 e. The van der Waals surface area contributed by atoms with E-state index in [0.29, 0.717) is 5.88 Å². The number of pyridine rings is 1. The van der Waals surface area contributed by atoms with Crippen LogP contribution in [0.5, 0.6) is 0 Å². The Bertz CT molecular complexity index is 718. The lowest BCUT2D eigenvalue weighted by atomic mass is 10.2. The normalized spacial score (nSPS) is 12.9. The maximum Gasteiger partial charge on any atom is 0.160 e.